The maximum Gasteiger partial charge on any atom is 0.0641 e. The first-order valence-electron chi connectivity index (χ1n) is 6.31. The van der Waals surface area contributed by atoms with E-state index in [2.05, 4.69) is 46.8 Å². The van der Waals surface area contributed by atoms with E-state index in [0.717, 1.165) is 26.2 Å². The van der Waals surface area contributed by atoms with Crippen molar-refractivity contribution in [2.24, 2.45) is 0 Å². The van der Waals surface area contributed by atoms with Crippen LogP contribution in [0.2, 0.25) is 0 Å². The van der Waals surface area contributed by atoms with E-state index in [9.17, 15) is 0 Å². The van der Waals surface area contributed by atoms with Gasteiger partial charge in [-0.25, -0.2) is 0 Å². The van der Waals surface area contributed by atoms with Gasteiger partial charge >= 0.3 is 0 Å². The number of nitriles is 1. The summed E-state index contributed by atoms with van der Waals surface area (Å²) in [6, 6.07) is 11.2. The van der Waals surface area contributed by atoms with E-state index >= 15 is 0 Å². The first-order chi connectivity index (χ1) is 8.85. The first-order valence-corrected chi connectivity index (χ1v) is 7.53. The lowest BCUT2D eigenvalue weighted by Gasteiger charge is -2.34. The Morgan fingerprint density at radius 3 is 2.35 bits per heavy atom. The molecule has 1 aliphatic heterocycles. The molecule has 20 heavy (non-hydrogen) atoms. The van der Waals surface area contributed by atoms with Crippen molar-refractivity contribution >= 4 is 36.6 Å². The van der Waals surface area contributed by atoms with Gasteiger partial charge in [-0.2, -0.15) is 5.26 Å². The van der Waals surface area contributed by atoms with Gasteiger partial charge in [0.05, 0.1) is 12.5 Å². The summed E-state index contributed by atoms with van der Waals surface area (Å²) in [6.07, 6.45) is 2.65. The van der Waals surface area contributed by atoms with Crippen LogP contribution in [0.5, 0.6) is 0 Å². The second kappa shape index (κ2) is 10.3. The molecule has 1 fully saturated rings. The van der Waals surface area contributed by atoms with E-state index in [1.165, 1.54) is 10.5 Å². The van der Waals surface area contributed by atoms with Crippen LogP contribution in [0.4, 0.5) is 0 Å². The molecule has 1 aromatic rings. The zero-order chi connectivity index (χ0) is 12.8. The topological polar surface area (TPSA) is 39.1 Å². The Hall–Kier alpha value is -0.440. The molecule has 0 unspecified atom stereocenters. The highest BCUT2D eigenvalue weighted by Crippen LogP contribution is 2.26. The highest BCUT2D eigenvalue weighted by molar-refractivity contribution is 7.98. The molecule has 1 aromatic carbocycles. The first kappa shape index (κ1) is 19.6. The van der Waals surface area contributed by atoms with Gasteiger partial charge in [0.2, 0.25) is 0 Å². The molecule has 0 amide bonds. The second-order valence-corrected chi connectivity index (χ2v) is 5.32. The molecule has 0 aromatic heterocycles. The number of rotatable bonds is 4. The molecule has 0 aliphatic carbocycles. The van der Waals surface area contributed by atoms with Crippen molar-refractivity contribution in [3.05, 3.63) is 29.8 Å². The number of nitrogens with zero attached hydrogens (tertiary/aromatic N) is 2. The van der Waals surface area contributed by atoms with Crippen LogP contribution in [0.25, 0.3) is 0 Å². The number of piperazine rings is 1. The molecule has 0 saturated carbocycles. The quantitative estimate of drug-likeness (QED) is 0.859. The third kappa shape index (κ3) is 5.16. The predicted molar refractivity (Wildman–Crippen MR) is 90.1 cm³/mol. The van der Waals surface area contributed by atoms with E-state index in [1.807, 2.05) is 0 Å². The van der Waals surface area contributed by atoms with Crippen molar-refractivity contribution < 1.29 is 0 Å². The standard InChI is InChI=1S/C14H19N3S.2ClH/c1-18-13-4-2-12(3-5-13)14(6-7-15)17-10-8-16-9-11-17;;/h2-5,14,16H,6,8-11H2,1H3;2*1H/t14-;;/m1../s1. The van der Waals surface area contributed by atoms with Crippen LogP contribution in [0.15, 0.2) is 29.2 Å². The maximum atomic E-state index is 9.03. The summed E-state index contributed by atoms with van der Waals surface area (Å²) in [7, 11) is 0. The highest BCUT2D eigenvalue weighted by atomic mass is 35.5. The summed E-state index contributed by atoms with van der Waals surface area (Å²) in [5.41, 5.74) is 1.26. The van der Waals surface area contributed by atoms with Gasteiger partial charge in [0.25, 0.3) is 0 Å². The van der Waals surface area contributed by atoms with Crippen LogP contribution in [-0.2, 0) is 0 Å². The van der Waals surface area contributed by atoms with Crippen LogP contribution < -0.4 is 5.32 Å². The van der Waals surface area contributed by atoms with Crippen molar-refractivity contribution in [1.29, 1.82) is 5.26 Å². The molecule has 3 nitrogen and oxygen atoms in total. The molecule has 0 spiro atoms. The minimum atomic E-state index is 0. The van der Waals surface area contributed by atoms with Crippen molar-refractivity contribution in [2.75, 3.05) is 32.4 Å². The summed E-state index contributed by atoms with van der Waals surface area (Å²) in [4.78, 5) is 3.68. The SMILES string of the molecule is CSc1ccc([C@@H](CC#N)N2CCNCC2)cc1.Cl.Cl. The summed E-state index contributed by atoms with van der Waals surface area (Å²) in [5, 5.41) is 12.4. The van der Waals surface area contributed by atoms with Crippen LogP contribution >= 0.6 is 36.6 Å². The summed E-state index contributed by atoms with van der Waals surface area (Å²) >= 11 is 1.75. The van der Waals surface area contributed by atoms with Gasteiger partial charge in [-0.1, -0.05) is 12.1 Å². The van der Waals surface area contributed by atoms with Gasteiger partial charge in [-0.3, -0.25) is 4.90 Å². The van der Waals surface area contributed by atoms with Crippen LogP contribution in [-0.4, -0.2) is 37.3 Å². The lowest BCUT2D eigenvalue weighted by Crippen LogP contribution is -2.45. The third-order valence-electron chi connectivity index (χ3n) is 3.38. The smallest absolute Gasteiger partial charge is 0.0641 e. The molecule has 0 bridgehead atoms. The summed E-state index contributed by atoms with van der Waals surface area (Å²) in [5.74, 6) is 0. The van der Waals surface area contributed by atoms with Crippen LogP contribution in [0.1, 0.15) is 18.0 Å². The van der Waals surface area contributed by atoms with Crippen LogP contribution in [0.3, 0.4) is 0 Å². The fraction of sp³-hybridized carbons (Fsp3) is 0.500. The fourth-order valence-corrected chi connectivity index (χ4v) is 2.77. The normalized spacial score (nSPS) is 16.4. The minimum absolute atomic E-state index is 0. The Morgan fingerprint density at radius 1 is 1.25 bits per heavy atom. The van der Waals surface area contributed by atoms with E-state index in [0.29, 0.717) is 6.42 Å². The number of hydrogen-bond acceptors (Lipinski definition) is 4. The van der Waals surface area contributed by atoms with Crippen molar-refractivity contribution in [1.82, 2.24) is 10.2 Å². The Morgan fingerprint density at radius 2 is 1.85 bits per heavy atom. The lowest BCUT2D eigenvalue weighted by molar-refractivity contribution is 0.175. The van der Waals surface area contributed by atoms with E-state index < -0.39 is 0 Å². The summed E-state index contributed by atoms with van der Waals surface area (Å²) in [6.45, 7) is 4.09. The molecule has 112 valence electrons. The average Bonchev–Trinajstić information content (AvgIpc) is 2.46. The van der Waals surface area contributed by atoms with Gasteiger partial charge < -0.3 is 5.32 Å². The molecule has 1 aliphatic rings. The van der Waals surface area contributed by atoms with Gasteiger partial charge in [0, 0.05) is 37.1 Å². The number of thioether (sulfide) groups is 1. The number of nitrogens with one attached hydrogen (secondary N) is 1. The number of benzene rings is 1. The second-order valence-electron chi connectivity index (χ2n) is 4.44. The van der Waals surface area contributed by atoms with Gasteiger partial charge in [0.15, 0.2) is 0 Å². The number of hydrogen-bond donors (Lipinski definition) is 1. The Bertz CT molecular complexity index is 413. The Labute approximate surface area is 137 Å². The molecular formula is C14H21Cl2N3S. The predicted octanol–water partition coefficient (Wildman–Crippen LogP) is 3.11. The fourth-order valence-electron chi connectivity index (χ4n) is 2.36. The monoisotopic (exact) mass is 333 g/mol. The van der Waals surface area contributed by atoms with Gasteiger partial charge in [0.1, 0.15) is 0 Å². The molecule has 1 heterocycles. The zero-order valence-corrected chi connectivity index (χ0v) is 14.0. The molecule has 1 atom stereocenters. The molecule has 0 radical (unpaired) electrons. The molecule has 6 heteroatoms. The van der Waals surface area contributed by atoms with Crippen molar-refractivity contribution in [2.45, 2.75) is 17.4 Å². The zero-order valence-electron chi connectivity index (χ0n) is 11.5. The molecule has 1 N–H and O–H groups in total. The van der Waals surface area contributed by atoms with Gasteiger partial charge in [-0.15, -0.1) is 36.6 Å². The molecule has 1 saturated heterocycles. The van der Waals surface area contributed by atoms with E-state index in [-0.39, 0.29) is 30.9 Å². The maximum absolute atomic E-state index is 9.03. The third-order valence-corrected chi connectivity index (χ3v) is 4.12. The molecular weight excluding hydrogens is 313 g/mol. The Balaban J connectivity index is 0.00000180. The largest absolute Gasteiger partial charge is 0.314 e. The van der Waals surface area contributed by atoms with E-state index in [4.69, 9.17) is 5.26 Å². The van der Waals surface area contributed by atoms with Crippen LogP contribution in [0, 0.1) is 11.3 Å². The Kier molecular flexibility index (Phi) is 10.1. The average molecular weight is 334 g/mol. The summed E-state index contributed by atoms with van der Waals surface area (Å²) < 4.78 is 0. The molecule has 2 rings (SSSR count). The van der Waals surface area contributed by atoms with Crippen molar-refractivity contribution in [3.8, 4) is 6.07 Å². The van der Waals surface area contributed by atoms with E-state index in [1.54, 1.807) is 11.8 Å². The number of halogens is 2. The highest BCUT2D eigenvalue weighted by Gasteiger charge is 2.21. The van der Waals surface area contributed by atoms with Gasteiger partial charge in [-0.05, 0) is 24.0 Å². The minimum Gasteiger partial charge on any atom is -0.314 e. The lowest BCUT2D eigenvalue weighted by atomic mass is 10.0. The van der Waals surface area contributed by atoms with Crippen molar-refractivity contribution in [3.63, 3.8) is 0 Å².